The molecule has 1 unspecified atom stereocenters. The average molecular weight is 1140 g/mol. The standard InChI is InChI=1S/C59H80F2N6O12S/c1-37(2)44(33-43(68)18-12-9-14-28-67-52(72)30-38(3)57(67)77)56(76)63-39(4)49(69)19-13-15-27-66(53(73)36-80-29-25-50(70)62-26-24-51(71)64-47(58(78)79)22-23-54(74)75)55(59(5,6)7)48-31-41(45-32-42(60)20-21-46(45)61)35-65(48)34-40-16-10-8-11-17-40/h8,10-11,16-17,20-21,31-32,35,37-39,44,47,55H,9,12-15,18-19,22-30,33-34,36H2,1-7H3,(H,62,70)(H,63,76)(H,64,71)(H,74,75)(H,78,79)/t38?,39-,44-,47+,55-/m0/s1. The summed E-state index contributed by atoms with van der Waals surface area (Å²) in [6, 6.07) is 11.6. The number of Topliss-reactive ketones (excluding diaryl/α,β-unsaturated/α-hetero) is 2. The van der Waals surface area contributed by atoms with Crippen molar-refractivity contribution >= 4 is 70.7 Å². The number of carboxylic acid groups (broad SMARTS) is 2. The van der Waals surface area contributed by atoms with Crippen LogP contribution in [0.2, 0.25) is 0 Å². The number of imide groups is 1. The number of hydrogen-bond acceptors (Lipinski definition) is 11. The normalized spacial score (nSPS) is 15.0. The third-order valence-corrected chi connectivity index (χ3v) is 15.0. The molecule has 18 nitrogen and oxygen atoms in total. The highest BCUT2D eigenvalue weighted by Gasteiger charge is 2.38. The van der Waals surface area contributed by atoms with Crippen LogP contribution in [0.1, 0.15) is 149 Å². The number of carbonyl (C=O) groups excluding carboxylic acids is 8. The molecule has 0 radical (unpaired) electrons. The molecule has 1 saturated heterocycles. The van der Waals surface area contributed by atoms with Gasteiger partial charge in [-0.3, -0.25) is 48.1 Å². The Morgan fingerprint density at radius 3 is 2.16 bits per heavy atom. The number of ketones is 2. The lowest BCUT2D eigenvalue weighted by Crippen LogP contribution is -2.44. The fraction of sp³-hybridized carbons (Fsp3) is 0.559. The molecule has 80 heavy (non-hydrogen) atoms. The van der Waals surface area contributed by atoms with E-state index in [-0.39, 0.29) is 116 Å². The van der Waals surface area contributed by atoms with E-state index in [4.69, 9.17) is 5.11 Å². The van der Waals surface area contributed by atoms with Crippen molar-refractivity contribution in [2.24, 2.45) is 23.2 Å². The summed E-state index contributed by atoms with van der Waals surface area (Å²) in [5, 5.41) is 25.9. The van der Waals surface area contributed by atoms with Crippen molar-refractivity contribution in [3.05, 3.63) is 83.7 Å². The van der Waals surface area contributed by atoms with E-state index in [2.05, 4.69) is 16.0 Å². The molecule has 5 atom stereocenters. The van der Waals surface area contributed by atoms with E-state index in [0.29, 0.717) is 56.5 Å². The van der Waals surface area contributed by atoms with Gasteiger partial charge in [0.2, 0.25) is 35.4 Å². The molecule has 21 heteroatoms. The van der Waals surface area contributed by atoms with Crippen LogP contribution in [0.5, 0.6) is 0 Å². The van der Waals surface area contributed by atoms with Gasteiger partial charge in [-0.1, -0.05) is 78.3 Å². The van der Waals surface area contributed by atoms with Crippen LogP contribution < -0.4 is 16.0 Å². The predicted molar refractivity (Wildman–Crippen MR) is 299 cm³/mol. The molecule has 1 aliphatic heterocycles. The molecule has 1 fully saturated rings. The molecule has 5 N–H and O–H groups in total. The molecular formula is C59H80F2N6O12S. The van der Waals surface area contributed by atoms with Gasteiger partial charge < -0.3 is 35.6 Å². The highest BCUT2D eigenvalue weighted by Crippen LogP contribution is 2.42. The monoisotopic (exact) mass is 1130 g/mol. The number of nitrogens with zero attached hydrogens (tertiary/aromatic N) is 3. The fourth-order valence-corrected chi connectivity index (χ4v) is 10.5. The van der Waals surface area contributed by atoms with E-state index in [1.807, 2.05) is 69.5 Å². The lowest BCUT2D eigenvalue weighted by atomic mass is 9.82. The minimum absolute atomic E-state index is 0.000612. The van der Waals surface area contributed by atoms with Crippen molar-refractivity contribution < 1.29 is 66.9 Å². The van der Waals surface area contributed by atoms with Gasteiger partial charge in [-0.25, -0.2) is 13.6 Å². The maximum atomic E-state index is 15.4. The minimum Gasteiger partial charge on any atom is -0.481 e. The van der Waals surface area contributed by atoms with Crippen molar-refractivity contribution in [3.63, 3.8) is 0 Å². The van der Waals surface area contributed by atoms with Crippen LogP contribution in [0, 0.1) is 34.8 Å². The topological polar surface area (TPSA) is 259 Å². The van der Waals surface area contributed by atoms with Crippen LogP contribution in [0.4, 0.5) is 8.78 Å². The molecule has 6 amide bonds. The van der Waals surface area contributed by atoms with Crippen molar-refractivity contribution in [2.45, 2.75) is 157 Å². The lowest BCUT2D eigenvalue weighted by Gasteiger charge is -2.41. The third-order valence-electron chi connectivity index (χ3n) is 14.1. The van der Waals surface area contributed by atoms with Gasteiger partial charge in [0.1, 0.15) is 23.5 Å². The SMILES string of the molecule is CC1CC(=O)N(CCCCCC(=O)C[C@H](C(=O)N[C@@H](C)C(=O)CCCCN(C(=O)CSCCC(=O)NCCC(=O)N[C@H](CCC(=O)O)C(=O)O)[C@@H](c2cc(-c3cc(F)ccc3F)cn2Cc2ccccc2)C(C)(C)C)C(C)C)C1=O. The largest absolute Gasteiger partial charge is 0.481 e. The summed E-state index contributed by atoms with van der Waals surface area (Å²) in [6.07, 6.45) is 3.67. The Morgan fingerprint density at radius 2 is 1.52 bits per heavy atom. The number of likely N-dealkylation sites (tertiary alicyclic amines) is 1. The maximum Gasteiger partial charge on any atom is 0.326 e. The molecule has 2 heterocycles. The van der Waals surface area contributed by atoms with Crippen LogP contribution >= 0.6 is 11.8 Å². The number of thioether (sulfide) groups is 1. The molecule has 0 spiro atoms. The van der Waals surface area contributed by atoms with Gasteiger partial charge in [-0.05, 0) is 80.2 Å². The number of unbranched alkanes of at least 4 members (excludes halogenated alkanes) is 3. The molecule has 0 aliphatic carbocycles. The van der Waals surface area contributed by atoms with Crippen LogP contribution in [0.15, 0.2) is 60.8 Å². The van der Waals surface area contributed by atoms with Gasteiger partial charge >= 0.3 is 11.9 Å². The zero-order chi connectivity index (χ0) is 59.3. The number of halogens is 2. The van der Waals surface area contributed by atoms with Gasteiger partial charge in [0.25, 0.3) is 0 Å². The number of aromatic nitrogens is 1. The van der Waals surface area contributed by atoms with E-state index < -0.39 is 77.2 Å². The first kappa shape index (κ1) is 65.7. The van der Waals surface area contributed by atoms with E-state index in [0.717, 1.165) is 23.8 Å². The summed E-state index contributed by atoms with van der Waals surface area (Å²) >= 11 is 1.20. The Bertz CT molecular complexity index is 2660. The third kappa shape index (κ3) is 21.0. The van der Waals surface area contributed by atoms with Gasteiger partial charge in [0, 0.05) is 112 Å². The van der Waals surface area contributed by atoms with Gasteiger partial charge in [0.15, 0.2) is 5.78 Å². The molecule has 1 aliphatic rings. The second-order valence-corrected chi connectivity index (χ2v) is 23.2. The number of nitrogens with one attached hydrogen (secondary N) is 3. The average Bonchev–Trinajstić information content (AvgIpc) is 3.90. The summed E-state index contributed by atoms with van der Waals surface area (Å²) in [5.41, 5.74) is 1.33. The summed E-state index contributed by atoms with van der Waals surface area (Å²) in [6.45, 7) is 13.6. The van der Waals surface area contributed by atoms with Gasteiger partial charge in [0.05, 0.1) is 17.8 Å². The Morgan fingerprint density at radius 1 is 0.825 bits per heavy atom. The molecule has 2 aromatic carbocycles. The molecule has 0 saturated carbocycles. The van der Waals surface area contributed by atoms with Crippen LogP contribution in [0.3, 0.4) is 0 Å². The second-order valence-electron chi connectivity index (χ2n) is 22.1. The van der Waals surface area contributed by atoms with Gasteiger partial charge in [-0.15, -0.1) is 0 Å². The van der Waals surface area contributed by atoms with Gasteiger partial charge in [-0.2, -0.15) is 11.8 Å². The molecular weight excluding hydrogens is 1050 g/mol. The number of rotatable bonds is 35. The number of hydrogen-bond donors (Lipinski definition) is 5. The fourth-order valence-electron chi connectivity index (χ4n) is 9.64. The molecule has 4 rings (SSSR count). The van der Waals surface area contributed by atoms with Crippen LogP contribution in [0.25, 0.3) is 11.1 Å². The van der Waals surface area contributed by atoms with Crippen LogP contribution in [-0.2, 0) is 54.5 Å². The second kappa shape index (κ2) is 31.9. The first-order valence-corrected chi connectivity index (χ1v) is 28.7. The Labute approximate surface area is 471 Å². The highest BCUT2D eigenvalue weighted by molar-refractivity contribution is 7.99. The zero-order valence-corrected chi connectivity index (χ0v) is 48.0. The number of amides is 6. The summed E-state index contributed by atoms with van der Waals surface area (Å²) in [4.78, 5) is 130. The Balaban J connectivity index is 1.44. The van der Waals surface area contributed by atoms with Crippen molar-refractivity contribution in [3.8, 4) is 11.1 Å². The first-order valence-electron chi connectivity index (χ1n) is 27.5. The quantitative estimate of drug-likeness (QED) is 0.0278. The Kier molecular flexibility index (Phi) is 26.2. The van der Waals surface area contributed by atoms with Crippen molar-refractivity contribution in [1.82, 2.24) is 30.3 Å². The number of benzene rings is 2. The zero-order valence-electron chi connectivity index (χ0n) is 47.2. The molecule has 1 aromatic heterocycles. The number of carbonyl (C=O) groups is 10. The lowest BCUT2D eigenvalue weighted by molar-refractivity contribution is -0.143. The van der Waals surface area contributed by atoms with E-state index >= 15 is 4.39 Å². The van der Waals surface area contributed by atoms with Crippen molar-refractivity contribution in [2.75, 3.05) is 31.1 Å². The summed E-state index contributed by atoms with van der Waals surface area (Å²) in [5.74, 6) is -7.38. The smallest absolute Gasteiger partial charge is 0.326 e. The highest BCUT2D eigenvalue weighted by atomic mass is 32.2. The summed E-state index contributed by atoms with van der Waals surface area (Å²) in [7, 11) is 0. The van der Waals surface area contributed by atoms with Crippen molar-refractivity contribution in [1.29, 1.82) is 0 Å². The number of aliphatic carboxylic acids is 2. The number of carboxylic acids is 2. The van der Waals surface area contributed by atoms with E-state index in [1.54, 1.807) is 31.0 Å². The first-order chi connectivity index (χ1) is 37.8. The van der Waals surface area contributed by atoms with E-state index in [9.17, 15) is 57.4 Å². The maximum absolute atomic E-state index is 15.4. The predicted octanol–water partition coefficient (Wildman–Crippen LogP) is 7.89. The van der Waals surface area contributed by atoms with E-state index in [1.165, 1.54) is 16.7 Å². The Hall–Kier alpha value is -6.77. The minimum atomic E-state index is -1.40. The molecule has 438 valence electrons. The van der Waals surface area contributed by atoms with Crippen LogP contribution in [-0.4, -0.2) is 127 Å². The molecule has 0 bridgehead atoms. The summed E-state index contributed by atoms with van der Waals surface area (Å²) < 4.78 is 32.0. The molecule has 3 aromatic rings.